The van der Waals surface area contributed by atoms with E-state index < -0.39 is 6.10 Å². The Morgan fingerprint density at radius 2 is 2.05 bits per heavy atom. The predicted molar refractivity (Wildman–Crippen MR) is 78.3 cm³/mol. The number of hydrogen-bond acceptors (Lipinski definition) is 5. The zero-order valence-corrected chi connectivity index (χ0v) is 12.0. The van der Waals surface area contributed by atoms with Crippen molar-refractivity contribution in [1.29, 1.82) is 0 Å². The topological polar surface area (TPSA) is 77.0 Å². The molecule has 1 aromatic heterocycles. The fraction of sp³-hybridized carbons (Fsp3) is 0.429. The van der Waals surface area contributed by atoms with Gasteiger partial charge in [-0.1, -0.05) is 42.1 Å². The zero-order chi connectivity index (χ0) is 13.9. The van der Waals surface area contributed by atoms with E-state index in [1.807, 2.05) is 30.3 Å². The minimum atomic E-state index is -0.494. The van der Waals surface area contributed by atoms with Crippen molar-refractivity contribution in [2.75, 3.05) is 5.75 Å². The standard InChI is InChI=1S/C14H18N4OS/c15-8-13-16-17-14(18(13)11-6-7-11)20-9-12(19)10-4-2-1-3-5-10/h1-5,11-12,19H,6-9,15H2. The first-order valence-corrected chi connectivity index (χ1v) is 7.78. The maximum absolute atomic E-state index is 10.2. The molecule has 6 heteroatoms. The molecule has 3 N–H and O–H groups in total. The summed E-state index contributed by atoms with van der Waals surface area (Å²) < 4.78 is 2.13. The average Bonchev–Trinajstić information content (AvgIpc) is 3.25. The van der Waals surface area contributed by atoms with Crippen molar-refractivity contribution >= 4 is 11.8 Å². The van der Waals surface area contributed by atoms with Crippen molar-refractivity contribution in [3.8, 4) is 0 Å². The predicted octanol–water partition coefficient (Wildman–Crippen LogP) is 1.90. The molecule has 5 nitrogen and oxygen atoms in total. The highest BCUT2D eigenvalue weighted by molar-refractivity contribution is 7.99. The summed E-state index contributed by atoms with van der Waals surface area (Å²) in [4.78, 5) is 0. The third-order valence-corrected chi connectivity index (χ3v) is 4.40. The molecule has 1 heterocycles. The molecule has 3 rings (SSSR count). The van der Waals surface area contributed by atoms with E-state index in [1.165, 1.54) is 24.6 Å². The lowest BCUT2D eigenvalue weighted by atomic mass is 10.1. The van der Waals surface area contributed by atoms with Crippen LogP contribution in [0.15, 0.2) is 35.5 Å². The first-order valence-electron chi connectivity index (χ1n) is 6.79. The molecule has 2 aromatic rings. The summed E-state index contributed by atoms with van der Waals surface area (Å²) in [5.41, 5.74) is 6.62. The summed E-state index contributed by atoms with van der Waals surface area (Å²) in [5.74, 6) is 1.41. The third kappa shape index (κ3) is 2.87. The molecule has 0 bridgehead atoms. The zero-order valence-electron chi connectivity index (χ0n) is 11.1. The van der Waals surface area contributed by atoms with Gasteiger partial charge in [0.15, 0.2) is 5.16 Å². The lowest BCUT2D eigenvalue weighted by molar-refractivity contribution is 0.204. The molecule has 0 saturated heterocycles. The number of rotatable bonds is 6. The van der Waals surface area contributed by atoms with E-state index in [0.717, 1.165) is 16.5 Å². The number of aliphatic hydroxyl groups is 1. The minimum Gasteiger partial charge on any atom is -0.388 e. The Morgan fingerprint density at radius 1 is 1.30 bits per heavy atom. The van der Waals surface area contributed by atoms with Crippen molar-refractivity contribution in [3.63, 3.8) is 0 Å². The number of nitrogens with zero attached hydrogens (tertiary/aromatic N) is 3. The maximum atomic E-state index is 10.2. The van der Waals surface area contributed by atoms with Gasteiger partial charge >= 0.3 is 0 Å². The molecule has 1 aromatic carbocycles. The molecule has 20 heavy (non-hydrogen) atoms. The lowest BCUT2D eigenvalue weighted by Gasteiger charge is -2.11. The second-order valence-electron chi connectivity index (χ2n) is 4.94. The first-order chi connectivity index (χ1) is 9.79. The Balaban J connectivity index is 1.68. The van der Waals surface area contributed by atoms with E-state index in [0.29, 0.717) is 18.3 Å². The molecule has 0 spiro atoms. The average molecular weight is 290 g/mol. The largest absolute Gasteiger partial charge is 0.388 e. The van der Waals surface area contributed by atoms with Gasteiger partial charge in [0.2, 0.25) is 0 Å². The SMILES string of the molecule is NCc1nnc(SCC(O)c2ccccc2)n1C1CC1. The first kappa shape index (κ1) is 13.6. The van der Waals surface area contributed by atoms with Crippen LogP contribution in [0.1, 0.15) is 36.4 Å². The summed E-state index contributed by atoms with van der Waals surface area (Å²) >= 11 is 1.54. The van der Waals surface area contributed by atoms with Gasteiger partial charge in [-0.05, 0) is 18.4 Å². The number of hydrogen-bond donors (Lipinski definition) is 2. The summed E-state index contributed by atoms with van der Waals surface area (Å²) in [5, 5.41) is 19.4. The van der Waals surface area contributed by atoms with E-state index in [9.17, 15) is 5.11 Å². The summed E-state index contributed by atoms with van der Waals surface area (Å²) in [6.07, 6.45) is 1.84. The second-order valence-corrected chi connectivity index (χ2v) is 5.93. The number of aliphatic hydroxyl groups excluding tert-OH is 1. The number of nitrogens with two attached hydrogens (primary N) is 1. The second kappa shape index (κ2) is 5.95. The molecule has 1 fully saturated rings. The van der Waals surface area contributed by atoms with Crippen LogP contribution >= 0.6 is 11.8 Å². The van der Waals surface area contributed by atoms with Crippen LogP contribution in [0.2, 0.25) is 0 Å². The fourth-order valence-corrected chi connectivity index (χ4v) is 3.16. The summed E-state index contributed by atoms with van der Waals surface area (Å²) in [7, 11) is 0. The molecule has 1 aliphatic carbocycles. The molecule has 1 aliphatic rings. The maximum Gasteiger partial charge on any atom is 0.191 e. The molecular formula is C14H18N4OS. The molecule has 0 aliphatic heterocycles. The van der Waals surface area contributed by atoms with Gasteiger partial charge in [-0.3, -0.25) is 0 Å². The molecular weight excluding hydrogens is 272 g/mol. The minimum absolute atomic E-state index is 0.408. The van der Waals surface area contributed by atoms with Crippen molar-refractivity contribution in [2.45, 2.75) is 36.7 Å². The number of benzene rings is 1. The fourth-order valence-electron chi connectivity index (χ4n) is 2.17. The normalized spacial score (nSPS) is 16.3. The van der Waals surface area contributed by atoms with E-state index in [-0.39, 0.29) is 0 Å². The highest BCUT2D eigenvalue weighted by Gasteiger charge is 2.29. The van der Waals surface area contributed by atoms with Crippen LogP contribution in [0.5, 0.6) is 0 Å². The smallest absolute Gasteiger partial charge is 0.191 e. The highest BCUT2D eigenvalue weighted by Crippen LogP contribution is 2.39. The van der Waals surface area contributed by atoms with Crippen LogP contribution in [-0.4, -0.2) is 25.6 Å². The molecule has 1 unspecified atom stereocenters. The Morgan fingerprint density at radius 3 is 2.70 bits per heavy atom. The quantitative estimate of drug-likeness (QED) is 0.795. The van der Waals surface area contributed by atoms with Gasteiger partial charge in [-0.15, -0.1) is 10.2 Å². The van der Waals surface area contributed by atoms with Crippen LogP contribution in [0.3, 0.4) is 0 Å². The van der Waals surface area contributed by atoms with Gasteiger partial charge in [0.05, 0.1) is 12.6 Å². The van der Waals surface area contributed by atoms with Crippen LogP contribution in [0.4, 0.5) is 0 Å². The monoisotopic (exact) mass is 290 g/mol. The molecule has 106 valence electrons. The van der Waals surface area contributed by atoms with Gasteiger partial charge in [0.25, 0.3) is 0 Å². The van der Waals surface area contributed by atoms with Crippen molar-refractivity contribution in [2.24, 2.45) is 5.73 Å². The van der Waals surface area contributed by atoms with Gasteiger partial charge < -0.3 is 15.4 Å². The summed E-state index contributed by atoms with van der Waals surface area (Å²) in [6, 6.07) is 10.2. The molecule has 1 atom stereocenters. The van der Waals surface area contributed by atoms with Crippen LogP contribution in [-0.2, 0) is 6.54 Å². The molecule has 0 radical (unpaired) electrons. The summed E-state index contributed by atoms with van der Waals surface area (Å²) in [6.45, 7) is 0.408. The van der Waals surface area contributed by atoms with E-state index >= 15 is 0 Å². The highest BCUT2D eigenvalue weighted by atomic mass is 32.2. The Kier molecular flexibility index (Phi) is 4.05. The van der Waals surface area contributed by atoms with Crippen LogP contribution in [0.25, 0.3) is 0 Å². The van der Waals surface area contributed by atoms with Gasteiger partial charge in [0, 0.05) is 11.8 Å². The van der Waals surface area contributed by atoms with Crippen LogP contribution in [0, 0.1) is 0 Å². The Hall–Kier alpha value is -1.37. The van der Waals surface area contributed by atoms with Crippen molar-refractivity contribution in [3.05, 3.63) is 41.7 Å². The van der Waals surface area contributed by atoms with Gasteiger partial charge in [0.1, 0.15) is 5.82 Å². The lowest BCUT2D eigenvalue weighted by Crippen LogP contribution is -2.08. The third-order valence-electron chi connectivity index (χ3n) is 3.38. The van der Waals surface area contributed by atoms with Gasteiger partial charge in [-0.25, -0.2) is 0 Å². The molecule has 1 saturated carbocycles. The van der Waals surface area contributed by atoms with E-state index in [4.69, 9.17) is 5.73 Å². The van der Waals surface area contributed by atoms with Crippen molar-refractivity contribution < 1.29 is 5.11 Å². The number of thioether (sulfide) groups is 1. The van der Waals surface area contributed by atoms with Crippen molar-refractivity contribution in [1.82, 2.24) is 14.8 Å². The van der Waals surface area contributed by atoms with Gasteiger partial charge in [-0.2, -0.15) is 0 Å². The Labute approximate surface area is 122 Å². The van der Waals surface area contributed by atoms with E-state index in [2.05, 4.69) is 14.8 Å². The molecule has 0 amide bonds. The number of aromatic nitrogens is 3. The van der Waals surface area contributed by atoms with Crippen LogP contribution < -0.4 is 5.73 Å². The van der Waals surface area contributed by atoms with E-state index in [1.54, 1.807) is 0 Å². The Bertz CT molecular complexity index is 568.